The van der Waals surface area contributed by atoms with Gasteiger partial charge < -0.3 is 19.7 Å². The number of carbonyl (C=O) groups excluding carboxylic acids is 1. The van der Waals surface area contributed by atoms with E-state index in [1.807, 2.05) is 0 Å². The predicted octanol–water partition coefficient (Wildman–Crippen LogP) is 2.52. The van der Waals surface area contributed by atoms with E-state index in [1.54, 1.807) is 18.2 Å². The summed E-state index contributed by atoms with van der Waals surface area (Å²) in [6.07, 6.45) is 1.07. The molecule has 110 valence electrons. The molecule has 5 heteroatoms. The molecule has 0 saturated heterocycles. The van der Waals surface area contributed by atoms with Crippen LogP contribution in [0.15, 0.2) is 30.3 Å². The second-order valence-electron chi connectivity index (χ2n) is 4.53. The van der Waals surface area contributed by atoms with Gasteiger partial charge in [0.05, 0.1) is 14.2 Å². The molecule has 2 rings (SSSR count). The molecule has 0 aliphatic rings. The Balaban J connectivity index is 2.41. The Morgan fingerprint density at radius 3 is 2.38 bits per heavy atom. The molecule has 0 spiro atoms. The first-order valence-electron chi connectivity index (χ1n) is 6.30. The van der Waals surface area contributed by atoms with Crippen molar-refractivity contribution in [1.29, 1.82) is 0 Å². The van der Waals surface area contributed by atoms with Crippen LogP contribution >= 0.6 is 0 Å². The van der Waals surface area contributed by atoms with Gasteiger partial charge in [0.15, 0.2) is 23.0 Å². The van der Waals surface area contributed by atoms with E-state index in [0.29, 0.717) is 29.6 Å². The summed E-state index contributed by atoms with van der Waals surface area (Å²) in [5, 5.41) is 19.7. The summed E-state index contributed by atoms with van der Waals surface area (Å²) in [4.78, 5) is 10.9. The van der Waals surface area contributed by atoms with Crippen LogP contribution in [0, 0.1) is 0 Å². The SMILES string of the molecule is COc1cc(Cc2cc(C=O)cc(OC)c2O)ccc1O. The molecule has 21 heavy (non-hydrogen) atoms. The number of methoxy groups -OCH3 is 2. The minimum Gasteiger partial charge on any atom is -0.504 e. The lowest BCUT2D eigenvalue weighted by Gasteiger charge is -2.11. The Morgan fingerprint density at radius 1 is 1.05 bits per heavy atom. The van der Waals surface area contributed by atoms with Crippen molar-refractivity contribution in [3.63, 3.8) is 0 Å². The summed E-state index contributed by atoms with van der Waals surface area (Å²) < 4.78 is 10.1. The largest absolute Gasteiger partial charge is 0.504 e. The Labute approximate surface area is 122 Å². The van der Waals surface area contributed by atoms with Crippen LogP contribution in [-0.2, 0) is 6.42 Å². The fourth-order valence-electron chi connectivity index (χ4n) is 2.10. The Bertz CT molecular complexity index is 664. The van der Waals surface area contributed by atoms with Gasteiger partial charge in [-0.2, -0.15) is 0 Å². The van der Waals surface area contributed by atoms with Crippen LogP contribution in [0.25, 0.3) is 0 Å². The van der Waals surface area contributed by atoms with Crippen LogP contribution in [0.4, 0.5) is 0 Å². The summed E-state index contributed by atoms with van der Waals surface area (Å²) in [6, 6.07) is 7.99. The highest BCUT2D eigenvalue weighted by Crippen LogP contribution is 2.34. The lowest BCUT2D eigenvalue weighted by atomic mass is 10.0. The predicted molar refractivity (Wildman–Crippen MR) is 77.5 cm³/mol. The van der Waals surface area contributed by atoms with Crippen LogP contribution in [-0.4, -0.2) is 30.7 Å². The zero-order valence-corrected chi connectivity index (χ0v) is 11.8. The summed E-state index contributed by atoms with van der Waals surface area (Å²) in [7, 11) is 2.89. The third-order valence-corrected chi connectivity index (χ3v) is 3.17. The van der Waals surface area contributed by atoms with Crippen LogP contribution in [0.3, 0.4) is 0 Å². The summed E-state index contributed by atoms with van der Waals surface area (Å²) >= 11 is 0. The summed E-state index contributed by atoms with van der Waals surface area (Å²) in [6.45, 7) is 0. The third-order valence-electron chi connectivity index (χ3n) is 3.17. The van der Waals surface area contributed by atoms with Gasteiger partial charge in [-0.1, -0.05) is 6.07 Å². The number of aromatic hydroxyl groups is 2. The smallest absolute Gasteiger partial charge is 0.161 e. The number of carbonyl (C=O) groups is 1. The average molecular weight is 288 g/mol. The third kappa shape index (κ3) is 3.08. The highest BCUT2D eigenvalue weighted by molar-refractivity contribution is 5.77. The molecule has 0 heterocycles. The van der Waals surface area contributed by atoms with Crippen molar-refractivity contribution in [3.8, 4) is 23.0 Å². The number of rotatable bonds is 5. The lowest BCUT2D eigenvalue weighted by Crippen LogP contribution is -1.95. The number of benzene rings is 2. The van der Waals surface area contributed by atoms with E-state index < -0.39 is 0 Å². The van der Waals surface area contributed by atoms with Gasteiger partial charge >= 0.3 is 0 Å². The molecule has 2 N–H and O–H groups in total. The maximum absolute atomic E-state index is 10.9. The molecule has 0 unspecified atom stereocenters. The van der Waals surface area contributed by atoms with Gasteiger partial charge in [-0.25, -0.2) is 0 Å². The molecular weight excluding hydrogens is 272 g/mol. The van der Waals surface area contributed by atoms with Gasteiger partial charge in [0.1, 0.15) is 6.29 Å². The first-order valence-corrected chi connectivity index (χ1v) is 6.30. The normalized spacial score (nSPS) is 10.2. The maximum atomic E-state index is 10.9. The second-order valence-corrected chi connectivity index (χ2v) is 4.53. The number of hydrogen-bond acceptors (Lipinski definition) is 5. The van der Waals surface area contributed by atoms with Crippen molar-refractivity contribution in [2.75, 3.05) is 14.2 Å². The number of hydrogen-bond donors (Lipinski definition) is 2. The topological polar surface area (TPSA) is 76.0 Å². The van der Waals surface area contributed by atoms with E-state index in [4.69, 9.17) is 9.47 Å². The van der Waals surface area contributed by atoms with Crippen molar-refractivity contribution in [2.45, 2.75) is 6.42 Å². The van der Waals surface area contributed by atoms with Crippen LogP contribution in [0.5, 0.6) is 23.0 Å². The fourth-order valence-corrected chi connectivity index (χ4v) is 2.10. The molecular formula is C16H16O5. The van der Waals surface area contributed by atoms with Crippen molar-refractivity contribution in [2.24, 2.45) is 0 Å². The molecule has 0 amide bonds. The maximum Gasteiger partial charge on any atom is 0.161 e. The zero-order chi connectivity index (χ0) is 15.4. The monoisotopic (exact) mass is 288 g/mol. The summed E-state index contributed by atoms with van der Waals surface area (Å²) in [5.74, 6) is 0.644. The van der Waals surface area contributed by atoms with Gasteiger partial charge in [0.2, 0.25) is 0 Å². The van der Waals surface area contributed by atoms with Crippen molar-refractivity contribution in [1.82, 2.24) is 0 Å². The second kappa shape index (κ2) is 6.17. The standard InChI is InChI=1S/C16H16O5/c1-20-14-7-10(3-4-13(14)18)5-12-6-11(9-17)8-15(21-2)16(12)19/h3-4,6-9,18-19H,5H2,1-2H3. The summed E-state index contributed by atoms with van der Waals surface area (Å²) in [5.41, 5.74) is 1.81. The molecule has 2 aromatic rings. The number of phenolic OH excluding ortho intramolecular Hbond substituents is 2. The van der Waals surface area contributed by atoms with E-state index in [2.05, 4.69) is 0 Å². The van der Waals surface area contributed by atoms with Gasteiger partial charge in [0.25, 0.3) is 0 Å². The minimum atomic E-state index is -0.00450. The molecule has 0 aromatic heterocycles. The van der Waals surface area contributed by atoms with E-state index >= 15 is 0 Å². The molecule has 0 aliphatic heterocycles. The first-order chi connectivity index (χ1) is 10.1. The van der Waals surface area contributed by atoms with Gasteiger partial charge in [0, 0.05) is 17.5 Å². The number of aldehydes is 1. The molecule has 0 fully saturated rings. The van der Waals surface area contributed by atoms with Gasteiger partial charge in [-0.05, 0) is 29.8 Å². The van der Waals surface area contributed by atoms with Gasteiger partial charge in [-0.3, -0.25) is 4.79 Å². The Hall–Kier alpha value is -2.69. The molecule has 2 aromatic carbocycles. The van der Waals surface area contributed by atoms with Crippen LogP contribution in [0.2, 0.25) is 0 Å². The Kier molecular flexibility index (Phi) is 4.33. The average Bonchev–Trinajstić information content (AvgIpc) is 2.51. The van der Waals surface area contributed by atoms with Crippen molar-refractivity contribution >= 4 is 6.29 Å². The van der Waals surface area contributed by atoms with E-state index in [-0.39, 0.29) is 17.2 Å². The highest BCUT2D eigenvalue weighted by Gasteiger charge is 2.12. The molecule has 0 atom stereocenters. The molecule has 0 saturated carbocycles. The lowest BCUT2D eigenvalue weighted by molar-refractivity contribution is 0.112. The fraction of sp³-hybridized carbons (Fsp3) is 0.188. The van der Waals surface area contributed by atoms with Crippen molar-refractivity contribution < 1.29 is 24.5 Å². The minimum absolute atomic E-state index is 0.00450. The molecule has 0 radical (unpaired) electrons. The molecule has 0 aliphatic carbocycles. The van der Waals surface area contributed by atoms with Gasteiger partial charge in [-0.15, -0.1) is 0 Å². The number of phenols is 2. The number of ether oxygens (including phenoxy) is 2. The first kappa shape index (κ1) is 14.7. The highest BCUT2D eigenvalue weighted by atomic mass is 16.5. The molecule has 0 bridgehead atoms. The molecule has 5 nitrogen and oxygen atoms in total. The van der Waals surface area contributed by atoms with E-state index in [0.717, 1.165) is 5.56 Å². The Morgan fingerprint density at radius 2 is 1.76 bits per heavy atom. The van der Waals surface area contributed by atoms with Crippen LogP contribution < -0.4 is 9.47 Å². The van der Waals surface area contributed by atoms with Crippen LogP contribution in [0.1, 0.15) is 21.5 Å². The quantitative estimate of drug-likeness (QED) is 0.827. The zero-order valence-electron chi connectivity index (χ0n) is 11.8. The van der Waals surface area contributed by atoms with Crippen molar-refractivity contribution in [3.05, 3.63) is 47.0 Å². The van der Waals surface area contributed by atoms with E-state index in [9.17, 15) is 15.0 Å². The van der Waals surface area contributed by atoms with E-state index in [1.165, 1.54) is 26.4 Å².